The number of piperidine rings is 1. The third kappa shape index (κ3) is 4.34. The Kier molecular flexibility index (Phi) is 5.87. The minimum Gasteiger partial charge on any atom is -0.441 e. The number of amides is 2. The van der Waals surface area contributed by atoms with Crippen molar-refractivity contribution >= 4 is 12.0 Å². The van der Waals surface area contributed by atoms with Gasteiger partial charge in [0.2, 0.25) is 5.91 Å². The molecule has 1 aromatic rings. The molecule has 0 atom stereocenters. The van der Waals surface area contributed by atoms with Gasteiger partial charge in [-0.3, -0.25) is 9.59 Å². The van der Waals surface area contributed by atoms with Crippen LogP contribution in [0.2, 0.25) is 0 Å². The van der Waals surface area contributed by atoms with E-state index in [0.717, 1.165) is 19.4 Å². The van der Waals surface area contributed by atoms with Gasteiger partial charge in [-0.15, -0.1) is 0 Å². The molecular formula is C20H29N3O4. The van der Waals surface area contributed by atoms with Crippen LogP contribution >= 0.6 is 0 Å². The number of hydrogen-bond donors (Lipinski definition) is 0. The van der Waals surface area contributed by atoms with Gasteiger partial charge in [0.05, 0.1) is 6.54 Å². The van der Waals surface area contributed by atoms with Gasteiger partial charge in [0.1, 0.15) is 12.1 Å². The zero-order chi connectivity index (χ0) is 19.4. The second kappa shape index (κ2) is 8.15. The molecule has 0 bridgehead atoms. The zero-order valence-corrected chi connectivity index (χ0v) is 16.2. The third-order valence-corrected chi connectivity index (χ3v) is 5.91. The number of aromatic nitrogens is 1. The van der Waals surface area contributed by atoms with E-state index in [0.29, 0.717) is 38.4 Å². The fourth-order valence-electron chi connectivity index (χ4n) is 3.95. The van der Waals surface area contributed by atoms with Gasteiger partial charge >= 0.3 is 6.09 Å². The van der Waals surface area contributed by atoms with Crippen molar-refractivity contribution in [3.05, 3.63) is 34.7 Å². The maximum absolute atomic E-state index is 12.5. The molecule has 1 spiro atoms. The van der Waals surface area contributed by atoms with Crippen molar-refractivity contribution in [3.8, 4) is 0 Å². The zero-order valence-electron chi connectivity index (χ0n) is 16.2. The first kappa shape index (κ1) is 19.5. The number of ether oxygens (including phenoxy) is 1. The minimum atomic E-state index is -0.469. The van der Waals surface area contributed by atoms with E-state index in [2.05, 4.69) is 13.8 Å². The SMILES string of the molecule is CCC(CC)CN1CC2(CCN(C(=O)Cn3ccccc3=O)CC2)OC1=O. The van der Waals surface area contributed by atoms with E-state index < -0.39 is 5.60 Å². The lowest BCUT2D eigenvalue weighted by Gasteiger charge is -2.37. The number of carbonyl (C=O) groups is 2. The van der Waals surface area contributed by atoms with Gasteiger partial charge in [0, 0.05) is 44.7 Å². The van der Waals surface area contributed by atoms with Crippen molar-refractivity contribution in [2.45, 2.75) is 51.7 Å². The summed E-state index contributed by atoms with van der Waals surface area (Å²) in [5, 5.41) is 0. The molecule has 148 valence electrons. The van der Waals surface area contributed by atoms with Crippen LogP contribution in [0, 0.1) is 5.92 Å². The summed E-state index contributed by atoms with van der Waals surface area (Å²) in [6.45, 7) is 6.79. The van der Waals surface area contributed by atoms with Crippen LogP contribution in [0.25, 0.3) is 0 Å². The normalized spacial score (nSPS) is 19.0. The molecular weight excluding hydrogens is 346 g/mol. The highest BCUT2D eigenvalue weighted by molar-refractivity contribution is 5.76. The number of pyridine rings is 1. The van der Waals surface area contributed by atoms with E-state index in [1.165, 1.54) is 10.6 Å². The van der Waals surface area contributed by atoms with E-state index in [1.807, 2.05) is 4.90 Å². The summed E-state index contributed by atoms with van der Waals surface area (Å²) in [6, 6.07) is 4.85. The van der Waals surface area contributed by atoms with Crippen LogP contribution in [0.3, 0.4) is 0 Å². The Morgan fingerprint density at radius 2 is 1.89 bits per heavy atom. The lowest BCUT2D eigenvalue weighted by molar-refractivity contribution is -0.135. The van der Waals surface area contributed by atoms with Crippen LogP contribution in [0.15, 0.2) is 29.2 Å². The first-order valence-corrected chi connectivity index (χ1v) is 9.87. The molecule has 0 N–H and O–H groups in total. The highest BCUT2D eigenvalue weighted by Gasteiger charge is 2.47. The van der Waals surface area contributed by atoms with E-state index in [4.69, 9.17) is 4.74 Å². The Labute approximate surface area is 159 Å². The van der Waals surface area contributed by atoms with Crippen LogP contribution in [0.4, 0.5) is 4.79 Å². The highest BCUT2D eigenvalue weighted by Crippen LogP contribution is 2.34. The number of hydrogen-bond acceptors (Lipinski definition) is 4. The van der Waals surface area contributed by atoms with Gasteiger partial charge in [0.15, 0.2) is 0 Å². The number of nitrogens with zero attached hydrogens (tertiary/aromatic N) is 3. The average molecular weight is 375 g/mol. The molecule has 27 heavy (non-hydrogen) atoms. The van der Waals surface area contributed by atoms with Gasteiger partial charge in [-0.1, -0.05) is 32.8 Å². The summed E-state index contributed by atoms with van der Waals surface area (Å²) in [6.07, 6.45) is 4.79. The van der Waals surface area contributed by atoms with Gasteiger partial charge in [-0.2, -0.15) is 0 Å². The van der Waals surface area contributed by atoms with Crippen LogP contribution in [0.1, 0.15) is 39.5 Å². The predicted molar refractivity (Wildman–Crippen MR) is 101 cm³/mol. The summed E-state index contributed by atoms with van der Waals surface area (Å²) in [7, 11) is 0. The molecule has 3 heterocycles. The molecule has 0 aromatic carbocycles. The summed E-state index contributed by atoms with van der Waals surface area (Å²) >= 11 is 0. The molecule has 3 rings (SSSR count). The number of carbonyl (C=O) groups excluding carboxylic acids is 2. The average Bonchev–Trinajstić information content (AvgIpc) is 2.96. The molecule has 0 unspecified atom stereocenters. The van der Waals surface area contributed by atoms with Crippen molar-refractivity contribution in [1.29, 1.82) is 0 Å². The molecule has 0 aliphatic carbocycles. The van der Waals surface area contributed by atoms with Crippen LogP contribution in [0.5, 0.6) is 0 Å². The Hall–Kier alpha value is -2.31. The lowest BCUT2D eigenvalue weighted by Crippen LogP contribution is -2.49. The molecule has 2 fully saturated rings. The standard InChI is InChI=1S/C20H29N3O4/c1-3-16(4-2)13-23-15-20(27-19(23)26)8-11-21(12-9-20)18(25)14-22-10-6-5-7-17(22)24/h5-7,10,16H,3-4,8-9,11-15H2,1-2H3. The van der Waals surface area contributed by atoms with E-state index in [1.54, 1.807) is 23.2 Å². The van der Waals surface area contributed by atoms with Gasteiger partial charge in [0.25, 0.3) is 5.56 Å². The quantitative estimate of drug-likeness (QED) is 0.763. The molecule has 2 aliphatic rings. The Morgan fingerprint density at radius 3 is 2.52 bits per heavy atom. The van der Waals surface area contributed by atoms with Crippen molar-refractivity contribution in [3.63, 3.8) is 0 Å². The Balaban J connectivity index is 1.55. The Morgan fingerprint density at radius 1 is 1.19 bits per heavy atom. The molecule has 7 heteroatoms. The smallest absolute Gasteiger partial charge is 0.410 e. The van der Waals surface area contributed by atoms with E-state index >= 15 is 0 Å². The van der Waals surface area contributed by atoms with Gasteiger partial charge in [-0.25, -0.2) is 4.79 Å². The molecule has 2 saturated heterocycles. The fourth-order valence-corrected chi connectivity index (χ4v) is 3.95. The van der Waals surface area contributed by atoms with Crippen molar-refractivity contribution in [2.24, 2.45) is 5.92 Å². The predicted octanol–water partition coefficient (Wildman–Crippen LogP) is 2.10. The van der Waals surface area contributed by atoms with Crippen LogP contribution < -0.4 is 5.56 Å². The summed E-state index contributed by atoms with van der Waals surface area (Å²) < 4.78 is 7.17. The highest BCUT2D eigenvalue weighted by atomic mass is 16.6. The minimum absolute atomic E-state index is 0.0489. The van der Waals surface area contributed by atoms with E-state index in [-0.39, 0.29) is 24.1 Å². The largest absolute Gasteiger partial charge is 0.441 e. The number of rotatable bonds is 6. The third-order valence-electron chi connectivity index (χ3n) is 5.91. The molecule has 7 nitrogen and oxygen atoms in total. The monoisotopic (exact) mass is 375 g/mol. The molecule has 0 radical (unpaired) electrons. The first-order chi connectivity index (χ1) is 13.0. The second-order valence-electron chi connectivity index (χ2n) is 7.66. The summed E-state index contributed by atoms with van der Waals surface area (Å²) in [5.41, 5.74) is -0.648. The molecule has 2 amide bonds. The van der Waals surface area contributed by atoms with Gasteiger partial charge < -0.3 is 19.1 Å². The van der Waals surface area contributed by atoms with Crippen molar-refractivity contribution in [1.82, 2.24) is 14.4 Å². The molecule has 1 aromatic heterocycles. The maximum Gasteiger partial charge on any atom is 0.410 e. The fraction of sp³-hybridized carbons (Fsp3) is 0.650. The second-order valence-corrected chi connectivity index (χ2v) is 7.66. The number of likely N-dealkylation sites (tertiary alicyclic amines) is 1. The summed E-state index contributed by atoms with van der Waals surface area (Å²) in [4.78, 5) is 40.2. The summed E-state index contributed by atoms with van der Waals surface area (Å²) in [5.74, 6) is 0.426. The van der Waals surface area contributed by atoms with Crippen molar-refractivity contribution in [2.75, 3.05) is 26.2 Å². The maximum atomic E-state index is 12.5. The van der Waals surface area contributed by atoms with Crippen LogP contribution in [-0.2, 0) is 16.1 Å². The van der Waals surface area contributed by atoms with Gasteiger partial charge in [-0.05, 0) is 12.0 Å². The molecule has 2 aliphatic heterocycles. The van der Waals surface area contributed by atoms with E-state index in [9.17, 15) is 14.4 Å². The van der Waals surface area contributed by atoms with Crippen LogP contribution in [-0.4, -0.2) is 58.1 Å². The Bertz CT molecular complexity index is 733. The lowest BCUT2D eigenvalue weighted by atomic mass is 9.91. The van der Waals surface area contributed by atoms with Crippen molar-refractivity contribution < 1.29 is 14.3 Å². The molecule has 0 saturated carbocycles. The first-order valence-electron chi connectivity index (χ1n) is 9.87. The topological polar surface area (TPSA) is 71.8 Å².